The zero-order valence-corrected chi connectivity index (χ0v) is 9.88. The van der Waals surface area contributed by atoms with E-state index in [1.165, 1.54) is 12.0 Å². The summed E-state index contributed by atoms with van der Waals surface area (Å²) in [7, 11) is 1.29. The lowest BCUT2D eigenvalue weighted by atomic mass is 10.2. The Morgan fingerprint density at radius 2 is 2.35 bits per heavy atom. The maximum absolute atomic E-state index is 11.6. The van der Waals surface area contributed by atoms with E-state index in [1.807, 2.05) is 13.0 Å². The van der Waals surface area contributed by atoms with E-state index in [9.17, 15) is 4.79 Å². The van der Waals surface area contributed by atoms with Gasteiger partial charge in [-0.3, -0.25) is 4.90 Å². The summed E-state index contributed by atoms with van der Waals surface area (Å²) in [6.45, 7) is 5.72. The summed E-state index contributed by atoms with van der Waals surface area (Å²) in [6.07, 6.45) is 1.04. The number of aryl methyl sites for hydroxylation is 1. The molecular weight excluding hydrogens is 218 g/mol. The van der Waals surface area contributed by atoms with Crippen molar-refractivity contribution in [3.63, 3.8) is 0 Å². The summed E-state index contributed by atoms with van der Waals surface area (Å²) in [4.78, 5) is 16.1. The van der Waals surface area contributed by atoms with Gasteiger partial charge < -0.3 is 4.74 Å². The van der Waals surface area contributed by atoms with Gasteiger partial charge in [0, 0.05) is 12.6 Å². The number of ether oxygens (including phenoxy) is 1. The lowest BCUT2D eigenvalue weighted by molar-refractivity contribution is 0.179. The predicted octanol–water partition coefficient (Wildman–Crippen LogP) is 3.24. The highest BCUT2D eigenvalue weighted by Gasteiger charge is 2.24. The fourth-order valence-corrected chi connectivity index (χ4v) is 1.45. The Morgan fingerprint density at radius 1 is 1.65 bits per heavy atom. The quantitative estimate of drug-likeness (QED) is 0.593. The molecule has 17 heavy (non-hydrogen) atoms. The second kappa shape index (κ2) is 5.66. The van der Waals surface area contributed by atoms with Crippen molar-refractivity contribution in [1.29, 1.82) is 5.39 Å². The molecule has 1 aromatic rings. The first-order valence-corrected chi connectivity index (χ1v) is 5.06. The molecule has 0 unspecified atom stereocenters. The molecule has 0 spiro atoms. The molecule has 0 atom stereocenters. The number of anilines is 1. The van der Waals surface area contributed by atoms with Crippen LogP contribution in [0.25, 0.3) is 4.98 Å². The van der Waals surface area contributed by atoms with Crippen molar-refractivity contribution in [2.75, 3.05) is 18.6 Å². The maximum Gasteiger partial charge on any atom is 0.414 e. The van der Waals surface area contributed by atoms with Crippen LogP contribution in [-0.4, -0.2) is 19.7 Å². The molecule has 5 nitrogen and oxygen atoms in total. The highest BCUT2D eigenvalue weighted by molar-refractivity contribution is 5.92. The van der Waals surface area contributed by atoms with E-state index in [0.717, 1.165) is 5.56 Å². The first kappa shape index (κ1) is 12.7. The molecule has 0 fully saturated rings. The molecule has 0 aliphatic rings. The molecule has 0 aromatic heterocycles. The Morgan fingerprint density at radius 3 is 2.88 bits per heavy atom. The molecule has 88 valence electrons. The molecule has 0 heterocycles. The molecule has 0 saturated carbocycles. The molecule has 0 aliphatic heterocycles. The zero-order valence-electron chi connectivity index (χ0n) is 9.88. The maximum atomic E-state index is 11.6. The molecule has 0 N–H and O–H groups in total. The summed E-state index contributed by atoms with van der Waals surface area (Å²) in [5, 5.41) is 8.93. The third-order valence-corrected chi connectivity index (χ3v) is 2.24. The summed E-state index contributed by atoms with van der Waals surface area (Å²) < 4.78 is 4.66. The van der Waals surface area contributed by atoms with Crippen molar-refractivity contribution in [2.45, 2.75) is 6.92 Å². The van der Waals surface area contributed by atoms with Crippen LogP contribution < -0.4 is 4.90 Å². The number of hydrogen-bond acceptors (Lipinski definition) is 3. The Balaban J connectivity index is 3.23. The first-order chi connectivity index (χ1) is 8.13. The van der Waals surface area contributed by atoms with Gasteiger partial charge in [-0.2, -0.15) is 0 Å². The summed E-state index contributed by atoms with van der Waals surface area (Å²) in [5.41, 5.74) is 1.73. The smallest absolute Gasteiger partial charge is 0.414 e. The van der Waals surface area contributed by atoms with Crippen LogP contribution in [0.2, 0.25) is 0 Å². The first-order valence-electron chi connectivity index (χ1n) is 5.06. The molecule has 1 rings (SSSR count). The summed E-state index contributed by atoms with van der Waals surface area (Å²) in [5.74, 6) is 0. The van der Waals surface area contributed by atoms with E-state index in [-0.39, 0.29) is 6.54 Å². The zero-order chi connectivity index (χ0) is 12.8. The number of methoxy groups -OCH3 is 1. The van der Waals surface area contributed by atoms with Gasteiger partial charge in [-0.25, -0.2) is 4.79 Å². The minimum atomic E-state index is -0.529. The van der Waals surface area contributed by atoms with Crippen LogP contribution in [0.15, 0.2) is 30.9 Å². The third kappa shape index (κ3) is 2.82. The number of diazo groups is 1. The predicted molar refractivity (Wildman–Crippen MR) is 65.9 cm³/mol. The SMILES string of the molecule is C=CCN(C(=O)OC)c1ccc(C)cc1[N+]#N. The Labute approximate surface area is 99.9 Å². The Bertz CT molecular complexity index is 477. The van der Waals surface area contributed by atoms with Gasteiger partial charge in [-0.1, -0.05) is 12.1 Å². The van der Waals surface area contributed by atoms with E-state index >= 15 is 0 Å². The van der Waals surface area contributed by atoms with Gasteiger partial charge in [-0.05, 0) is 18.6 Å². The second-order valence-corrected chi connectivity index (χ2v) is 3.46. The van der Waals surface area contributed by atoms with Crippen molar-refractivity contribution in [1.82, 2.24) is 0 Å². The van der Waals surface area contributed by atoms with Crippen LogP contribution in [-0.2, 0) is 4.74 Å². The van der Waals surface area contributed by atoms with Gasteiger partial charge in [-0.15, -0.1) is 6.58 Å². The summed E-state index contributed by atoms with van der Waals surface area (Å²) in [6, 6.07) is 5.20. The van der Waals surface area contributed by atoms with E-state index < -0.39 is 6.09 Å². The Kier molecular flexibility index (Phi) is 4.23. The molecule has 0 radical (unpaired) electrons. The topological polar surface area (TPSA) is 57.7 Å². The van der Waals surface area contributed by atoms with Crippen molar-refractivity contribution >= 4 is 17.5 Å². The van der Waals surface area contributed by atoms with Gasteiger partial charge in [0.25, 0.3) is 0 Å². The molecule has 1 amide bonds. The molecule has 5 heteroatoms. The van der Waals surface area contributed by atoms with Gasteiger partial charge in [0.2, 0.25) is 5.39 Å². The van der Waals surface area contributed by atoms with Crippen LogP contribution in [0.1, 0.15) is 5.56 Å². The number of benzene rings is 1. The second-order valence-electron chi connectivity index (χ2n) is 3.46. The molecule has 1 aromatic carbocycles. The van der Waals surface area contributed by atoms with Crippen LogP contribution >= 0.6 is 0 Å². The molecule has 0 bridgehead atoms. The van der Waals surface area contributed by atoms with Crippen LogP contribution in [0, 0.1) is 12.3 Å². The highest BCUT2D eigenvalue weighted by atomic mass is 16.5. The van der Waals surface area contributed by atoms with Gasteiger partial charge >= 0.3 is 11.8 Å². The lowest BCUT2D eigenvalue weighted by Crippen LogP contribution is -2.30. The van der Waals surface area contributed by atoms with Crippen molar-refractivity contribution in [2.24, 2.45) is 0 Å². The number of carbonyl (C=O) groups is 1. The summed E-state index contributed by atoms with van der Waals surface area (Å²) >= 11 is 0. The van der Waals surface area contributed by atoms with E-state index in [1.54, 1.807) is 18.2 Å². The average molecular weight is 232 g/mol. The van der Waals surface area contributed by atoms with Crippen molar-refractivity contribution < 1.29 is 9.53 Å². The molecule has 0 saturated heterocycles. The fourth-order valence-electron chi connectivity index (χ4n) is 1.45. The minimum Gasteiger partial charge on any atom is -0.452 e. The minimum absolute atomic E-state index is 0.276. The number of rotatable bonds is 3. The number of carbonyl (C=O) groups excluding carboxylic acids is 1. The number of hydrogen-bond donors (Lipinski definition) is 0. The van der Waals surface area contributed by atoms with E-state index in [2.05, 4.69) is 16.3 Å². The van der Waals surface area contributed by atoms with Crippen molar-refractivity contribution in [3.8, 4) is 0 Å². The number of nitrogens with zero attached hydrogens (tertiary/aromatic N) is 3. The largest absolute Gasteiger partial charge is 0.452 e. The van der Waals surface area contributed by atoms with Gasteiger partial charge in [0.05, 0.1) is 7.11 Å². The molecular formula is C12H14N3O2+. The monoisotopic (exact) mass is 232 g/mol. The number of amides is 1. The van der Waals surface area contributed by atoms with Crippen LogP contribution in [0.4, 0.5) is 16.2 Å². The highest BCUT2D eigenvalue weighted by Crippen LogP contribution is 2.30. The van der Waals surface area contributed by atoms with Crippen LogP contribution in [0.5, 0.6) is 0 Å². The van der Waals surface area contributed by atoms with E-state index in [0.29, 0.717) is 11.4 Å². The standard InChI is InChI=1S/C12H14N3O2/c1-4-7-15(12(16)17-3)11-6-5-9(2)8-10(11)14-13/h4-6,8H,1,7H2,2-3H3/q+1. The average Bonchev–Trinajstić information content (AvgIpc) is 2.35. The Hall–Kier alpha value is -2.35. The molecule has 0 aliphatic carbocycles. The van der Waals surface area contributed by atoms with Gasteiger partial charge in [0.1, 0.15) is 5.69 Å². The van der Waals surface area contributed by atoms with E-state index in [4.69, 9.17) is 5.39 Å². The van der Waals surface area contributed by atoms with Crippen molar-refractivity contribution in [3.05, 3.63) is 41.4 Å². The third-order valence-electron chi connectivity index (χ3n) is 2.24. The lowest BCUT2D eigenvalue weighted by Gasteiger charge is -2.17. The normalized spacial score (nSPS) is 9.24. The fraction of sp³-hybridized carbons (Fsp3) is 0.250. The van der Waals surface area contributed by atoms with Crippen LogP contribution in [0.3, 0.4) is 0 Å². The van der Waals surface area contributed by atoms with Gasteiger partial charge in [0.15, 0.2) is 4.98 Å².